The Kier molecular flexibility index (Phi) is 7.83. The van der Waals surface area contributed by atoms with Crippen molar-refractivity contribution in [2.75, 3.05) is 7.11 Å². The summed E-state index contributed by atoms with van der Waals surface area (Å²) in [4.78, 5) is 70.8. The number of amides is 4. The average Bonchev–Trinajstić information content (AvgIpc) is 3.15. The van der Waals surface area contributed by atoms with Crippen LogP contribution in [-0.4, -0.2) is 69.2 Å². The molecular weight excluding hydrogens is 372 g/mol. The standard InChI is InChI=1S/C13H16N2O6.C5H10O2/c1-7(14-8(16)3-4-9(14)17)13(2,12(20)21)15-10(18)5-6-11(15)19;1-3-4-5(6)7-2/h7H,3-6H2,1-2H3,(H,20,21);3-4H2,1-2H3. The fourth-order valence-corrected chi connectivity index (χ4v) is 3.14. The van der Waals surface area contributed by atoms with Gasteiger partial charge in [0.05, 0.1) is 13.2 Å². The van der Waals surface area contributed by atoms with Crippen LogP contribution in [0.25, 0.3) is 0 Å². The van der Waals surface area contributed by atoms with E-state index in [2.05, 4.69) is 4.74 Å². The Labute approximate surface area is 162 Å². The Balaban J connectivity index is 0.000000480. The maximum atomic E-state index is 11.9. The summed E-state index contributed by atoms with van der Waals surface area (Å²) in [5.74, 6) is -3.72. The van der Waals surface area contributed by atoms with Crippen molar-refractivity contribution < 1.29 is 38.6 Å². The number of carboxylic acids is 1. The molecular formula is C18H26N2O8. The smallest absolute Gasteiger partial charge is 0.331 e. The van der Waals surface area contributed by atoms with E-state index in [0.717, 1.165) is 11.3 Å². The third kappa shape index (κ3) is 4.55. The monoisotopic (exact) mass is 398 g/mol. The zero-order valence-corrected chi connectivity index (χ0v) is 16.5. The quantitative estimate of drug-likeness (QED) is 0.503. The number of methoxy groups -OCH3 is 1. The van der Waals surface area contributed by atoms with Gasteiger partial charge in [-0.2, -0.15) is 0 Å². The van der Waals surface area contributed by atoms with Gasteiger partial charge in [0, 0.05) is 32.1 Å². The van der Waals surface area contributed by atoms with E-state index in [0.29, 0.717) is 11.3 Å². The lowest BCUT2D eigenvalue weighted by atomic mass is 9.90. The summed E-state index contributed by atoms with van der Waals surface area (Å²) in [7, 11) is 1.40. The van der Waals surface area contributed by atoms with Gasteiger partial charge in [0.2, 0.25) is 23.6 Å². The van der Waals surface area contributed by atoms with Crippen LogP contribution in [0.2, 0.25) is 0 Å². The van der Waals surface area contributed by atoms with Crippen molar-refractivity contribution in [2.24, 2.45) is 0 Å². The summed E-state index contributed by atoms with van der Waals surface area (Å²) >= 11 is 0. The number of carboxylic acid groups (broad SMARTS) is 1. The highest BCUT2D eigenvalue weighted by Crippen LogP contribution is 2.32. The second-order valence-corrected chi connectivity index (χ2v) is 6.74. The van der Waals surface area contributed by atoms with E-state index >= 15 is 0 Å². The van der Waals surface area contributed by atoms with Crippen molar-refractivity contribution in [3.8, 4) is 0 Å². The van der Waals surface area contributed by atoms with E-state index in [4.69, 9.17) is 0 Å². The minimum atomic E-state index is -1.96. The molecule has 0 bridgehead atoms. The molecule has 2 atom stereocenters. The van der Waals surface area contributed by atoms with Crippen molar-refractivity contribution in [1.29, 1.82) is 0 Å². The molecule has 2 aliphatic heterocycles. The van der Waals surface area contributed by atoms with Crippen LogP contribution in [0.1, 0.15) is 59.3 Å². The predicted molar refractivity (Wildman–Crippen MR) is 94.6 cm³/mol. The Morgan fingerprint density at radius 2 is 1.46 bits per heavy atom. The van der Waals surface area contributed by atoms with Crippen LogP contribution in [0, 0.1) is 0 Å². The van der Waals surface area contributed by atoms with Gasteiger partial charge in [-0.15, -0.1) is 0 Å². The van der Waals surface area contributed by atoms with Gasteiger partial charge in [-0.3, -0.25) is 33.8 Å². The number of hydrogen-bond acceptors (Lipinski definition) is 7. The van der Waals surface area contributed by atoms with Crippen LogP contribution < -0.4 is 0 Å². The van der Waals surface area contributed by atoms with Crippen molar-refractivity contribution >= 4 is 35.6 Å². The zero-order valence-electron chi connectivity index (χ0n) is 16.5. The van der Waals surface area contributed by atoms with Gasteiger partial charge in [0.15, 0.2) is 5.54 Å². The third-order valence-electron chi connectivity index (χ3n) is 4.92. The third-order valence-corrected chi connectivity index (χ3v) is 4.92. The molecule has 2 saturated heterocycles. The summed E-state index contributed by atoms with van der Waals surface area (Å²) < 4.78 is 4.35. The first-order valence-corrected chi connectivity index (χ1v) is 9.03. The minimum absolute atomic E-state index is 0.0146. The number of rotatable bonds is 6. The number of nitrogens with zero attached hydrogens (tertiary/aromatic N) is 2. The van der Waals surface area contributed by atoms with E-state index in [-0.39, 0.29) is 31.7 Å². The number of aliphatic carboxylic acids is 1. The Hall–Kier alpha value is -2.78. The molecule has 28 heavy (non-hydrogen) atoms. The van der Waals surface area contributed by atoms with E-state index < -0.39 is 41.2 Å². The summed E-state index contributed by atoms with van der Waals surface area (Å²) in [6, 6.07) is -1.12. The van der Waals surface area contributed by atoms with Gasteiger partial charge in [0.25, 0.3) is 0 Å². The Morgan fingerprint density at radius 1 is 1.04 bits per heavy atom. The van der Waals surface area contributed by atoms with Crippen LogP contribution in [0.15, 0.2) is 0 Å². The Morgan fingerprint density at radius 3 is 1.79 bits per heavy atom. The summed E-state index contributed by atoms with van der Waals surface area (Å²) in [6.07, 6.45) is 1.32. The molecule has 2 fully saturated rings. The maximum absolute atomic E-state index is 11.9. The number of carbonyl (C=O) groups excluding carboxylic acids is 5. The number of ether oxygens (including phenoxy) is 1. The first-order valence-electron chi connectivity index (χ1n) is 9.03. The summed E-state index contributed by atoms with van der Waals surface area (Å²) in [5.41, 5.74) is -1.96. The Bertz CT molecular complexity index is 657. The minimum Gasteiger partial charge on any atom is -0.479 e. The van der Waals surface area contributed by atoms with Gasteiger partial charge in [-0.25, -0.2) is 4.79 Å². The average molecular weight is 398 g/mol. The van der Waals surface area contributed by atoms with Crippen molar-refractivity contribution in [1.82, 2.24) is 9.80 Å². The normalized spacial score (nSPS) is 19.9. The van der Waals surface area contributed by atoms with Gasteiger partial charge in [0.1, 0.15) is 0 Å². The van der Waals surface area contributed by atoms with E-state index in [1.807, 2.05) is 6.92 Å². The molecule has 0 aromatic heterocycles. The highest BCUT2D eigenvalue weighted by Gasteiger charge is 2.56. The van der Waals surface area contributed by atoms with Gasteiger partial charge >= 0.3 is 11.9 Å². The van der Waals surface area contributed by atoms with Crippen LogP contribution >= 0.6 is 0 Å². The van der Waals surface area contributed by atoms with E-state index in [1.54, 1.807) is 0 Å². The molecule has 0 spiro atoms. The van der Waals surface area contributed by atoms with Gasteiger partial charge in [-0.05, 0) is 20.3 Å². The first-order chi connectivity index (χ1) is 13.0. The molecule has 2 unspecified atom stereocenters. The molecule has 2 heterocycles. The molecule has 2 aliphatic rings. The van der Waals surface area contributed by atoms with Crippen LogP contribution in [-0.2, 0) is 33.5 Å². The molecule has 0 radical (unpaired) electrons. The number of hydrogen-bond donors (Lipinski definition) is 1. The van der Waals surface area contributed by atoms with Crippen molar-refractivity contribution in [3.63, 3.8) is 0 Å². The van der Waals surface area contributed by atoms with Crippen LogP contribution in [0.4, 0.5) is 0 Å². The lowest BCUT2D eigenvalue weighted by Gasteiger charge is -2.41. The molecule has 156 valence electrons. The van der Waals surface area contributed by atoms with Crippen LogP contribution in [0.3, 0.4) is 0 Å². The molecule has 0 aliphatic carbocycles. The van der Waals surface area contributed by atoms with E-state index in [1.165, 1.54) is 21.0 Å². The zero-order chi connectivity index (χ0) is 21.6. The number of likely N-dealkylation sites (tertiary alicyclic amines) is 2. The largest absolute Gasteiger partial charge is 0.479 e. The second-order valence-electron chi connectivity index (χ2n) is 6.74. The second kappa shape index (κ2) is 9.43. The number of esters is 1. The number of imide groups is 2. The SMILES string of the molecule is CC(N1C(=O)CCC1=O)C(C)(C(=O)O)N1C(=O)CCC1=O.CCCC(=O)OC. The molecule has 0 aromatic carbocycles. The number of carbonyl (C=O) groups is 6. The lowest BCUT2D eigenvalue weighted by molar-refractivity contribution is -0.169. The highest BCUT2D eigenvalue weighted by molar-refractivity contribution is 6.08. The van der Waals surface area contributed by atoms with Gasteiger partial charge < -0.3 is 9.84 Å². The van der Waals surface area contributed by atoms with Gasteiger partial charge in [-0.1, -0.05) is 6.92 Å². The highest BCUT2D eigenvalue weighted by atomic mass is 16.5. The summed E-state index contributed by atoms with van der Waals surface area (Å²) in [6.45, 7) is 4.50. The molecule has 10 heteroatoms. The molecule has 4 amide bonds. The molecule has 2 rings (SSSR count). The van der Waals surface area contributed by atoms with Crippen molar-refractivity contribution in [3.05, 3.63) is 0 Å². The molecule has 10 nitrogen and oxygen atoms in total. The molecule has 0 saturated carbocycles. The maximum Gasteiger partial charge on any atom is 0.331 e. The molecule has 0 aromatic rings. The van der Waals surface area contributed by atoms with E-state index in [9.17, 15) is 33.9 Å². The topological polar surface area (TPSA) is 138 Å². The predicted octanol–water partition coefficient (Wildman–Crippen LogP) is 0.476. The lowest BCUT2D eigenvalue weighted by Crippen LogP contribution is -2.66. The molecule has 1 N–H and O–H groups in total. The van der Waals surface area contributed by atoms with Crippen molar-refractivity contribution in [2.45, 2.75) is 70.9 Å². The first kappa shape index (κ1) is 23.3. The van der Waals surface area contributed by atoms with Crippen LogP contribution in [0.5, 0.6) is 0 Å². The summed E-state index contributed by atoms with van der Waals surface area (Å²) in [5, 5.41) is 9.54. The fourth-order valence-electron chi connectivity index (χ4n) is 3.14. The fraction of sp³-hybridized carbons (Fsp3) is 0.667.